The van der Waals surface area contributed by atoms with Crippen LogP contribution in [0.15, 0.2) is 55.0 Å². The summed E-state index contributed by atoms with van der Waals surface area (Å²) < 4.78 is 6.59. The number of thioether (sulfide) groups is 2. The van der Waals surface area contributed by atoms with Gasteiger partial charge in [0.25, 0.3) is 5.69 Å². The van der Waals surface area contributed by atoms with Gasteiger partial charge in [-0.3, -0.25) is 10.1 Å². The zero-order chi connectivity index (χ0) is 20.5. The highest BCUT2D eigenvalue weighted by Gasteiger charge is 2.24. The second kappa shape index (κ2) is 7.72. The van der Waals surface area contributed by atoms with Crippen LogP contribution in [0.3, 0.4) is 0 Å². The van der Waals surface area contributed by atoms with E-state index in [2.05, 4.69) is 15.3 Å². The third kappa shape index (κ3) is 3.89. The van der Waals surface area contributed by atoms with Gasteiger partial charge in [0.1, 0.15) is 17.1 Å². The van der Waals surface area contributed by atoms with E-state index in [9.17, 15) is 20.0 Å². The summed E-state index contributed by atoms with van der Waals surface area (Å²) in [5.41, 5.74) is 0.640. The number of aromatic hydroxyl groups is 1. The van der Waals surface area contributed by atoms with E-state index in [1.807, 2.05) is 0 Å². The van der Waals surface area contributed by atoms with Crippen LogP contribution in [0.25, 0.3) is 0 Å². The molecule has 0 saturated heterocycles. The van der Waals surface area contributed by atoms with Crippen LogP contribution in [0, 0.1) is 17.0 Å². The van der Waals surface area contributed by atoms with Crippen molar-refractivity contribution in [2.24, 2.45) is 5.10 Å². The molecular weight excluding hydrogens is 418 g/mol. The van der Waals surface area contributed by atoms with Crippen molar-refractivity contribution in [3.8, 4) is 5.75 Å². The van der Waals surface area contributed by atoms with Gasteiger partial charge in [-0.1, -0.05) is 35.7 Å². The Kier molecular flexibility index (Phi) is 5.11. The predicted octanol–water partition coefficient (Wildman–Crippen LogP) is 2.80. The number of aryl methyl sites for hydroxylation is 1. The number of nitro groups is 1. The van der Waals surface area contributed by atoms with Crippen LogP contribution in [-0.4, -0.2) is 36.4 Å². The first-order valence-electron chi connectivity index (χ1n) is 8.28. The number of hydrogen-bond donors (Lipinski definition) is 1. The first kappa shape index (κ1) is 19.2. The molecule has 4 rings (SSSR count). The number of nitro benzene ring substituents is 1. The molecule has 29 heavy (non-hydrogen) atoms. The fourth-order valence-corrected chi connectivity index (χ4v) is 4.36. The monoisotopic (exact) mass is 431 g/mol. The summed E-state index contributed by atoms with van der Waals surface area (Å²) in [4.78, 5) is 22.5. The number of benzene rings is 1. The maximum absolute atomic E-state index is 12.2. The van der Waals surface area contributed by atoms with Gasteiger partial charge in [-0.25, -0.2) is 4.79 Å². The second-order valence-electron chi connectivity index (χ2n) is 6.03. The molecule has 1 aliphatic heterocycles. The Morgan fingerprint density at radius 2 is 2.10 bits per heavy atom. The molecule has 0 aliphatic carbocycles. The zero-order valence-corrected chi connectivity index (χ0v) is 16.6. The quantitative estimate of drug-likeness (QED) is 0.367. The van der Waals surface area contributed by atoms with Crippen LogP contribution in [-0.2, 0) is 5.75 Å². The standard InChI is InChI=1S/C17H13N5O5S2/c1-9-6-13(23)14(15(24)27-9)12-8-29-17-19-18-16(21(17)20-12)28-7-10-2-4-11(5-3-10)22(25)26/h2-6,23H,7-8H2,1H3. The molecule has 0 fully saturated rings. The SMILES string of the molecule is Cc1cc(O)c(C2=Nn3c(nnc3SCc3ccc([N+](=O)[O-])cc3)SC2)c(=O)o1. The third-order valence-corrected chi connectivity index (χ3v) is 5.92. The van der Waals surface area contributed by atoms with Crippen molar-refractivity contribution in [3.63, 3.8) is 0 Å². The van der Waals surface area contributed by atoms with Crippen molar-refractivity contribution in [1.29, 1.82) is 0 Å². The van der Waals surface area contributed by atoms with E-state index >= 15 is 0 Å². The molecule has 10 nitrogen and oxygen atoms in total. The van der Waals surface area contributed by atoms with Crippen LogP contribution in [0.1, 0.15) is 16.9 Å². The third-order valence-electron chi connectivity index (χ3n) is 4.00. The van der Waals surface area contributed by atoms with Gasteiger partial charge in [-0.2, -0.15) is 9.78 Å². The molecule has 0 radical (unpaired) electrons. The first-order valence-corrected chi connectivity index (χ1v) is 10.3. The topological polar surface area (TPSA) is 137 Å². The summed E-state index contributed by atoms with van der Waals surface area (Å²) >= 11 is 2.69. The minimum Gasteiger partial charge on any atom is -0.507 e. The molecule has 1 aliphatic rings. The first-order chi connectivity index (χ1) is 13.9. The van der Waals surface area contributed by atoms with Gasteiger partial charge in [-0.05, 0) is 12.5 Å². The van der Waals surface area contributed by atoms with Crippen molar-refractivity contribution in [2.45, 2.75) is 23.0 Å². The maximum Gasteiger partial charge on any atom is 0.348 e. The molecule has 3 aromatic rings. The summed E-state index contributed by atoms with van der Waals surface area (Å²) in [6.07, 6.45) is 0. The Balaban J connectivity index is 1.59. The number of aromatic nitrogens is 3. The highest BCUT2D eigenvalue weighted by Crippen LogP contribution is 2.30. The summed E-state index contributed by atoms with van der Waals surface area (Å²) in [7, 11) is 0. The molecule has 0 saturated carbocycles. The van der Waals surface area contributed by atoms with Crippen molar-refractivity contribution >= 4 is 34.9 Å². The van der Waals surface area contributed by atoms with Gasteiger partial charge in [0.2, 0.25) is 10.3 Å². The predicted molar refractivity (Wildman–Crippen MR) is 107 cm³/mol. The number of rotatable bonds is 5. The largest absolute Gasteiger partial charge is 0.507 e. The van der Waals surface area contributed by atoms with Crippen LogP contribution in [0.4, 0.5) is 5.69 Å². The van der Waals surface area contributed by atoms with E-state index in [0.29, 0.717) is 33.3 Å². The molecule has 0 amide bonds. The van der Waals surface area contributed by atoms with Gasteiger partial charge in [-0.15, -0.1) is 10.2 Å². The summed E-state index contributed by atoms with van der Waals surface area (Å²) in [5, 5.41) is 34.6. The normalized spacial score (nSPS) is 13.1. The fraction of sp³-hybridized carbons (Fsp3) is 0.176. The Morgan fingerprint density at radius 1 is 1.34 bits per heavy atom. The molecule has 148 valence electrons. The Bertz CT molecular complexity index is 1190. The van der Waals surface area contributed by atoms with E-state index in [4.69, 9.17) is 4.42 Å². The minimum absolute atomic E-state index is 0.0220. The van der Waals surface area contributed by atoms with Gasteiger partial charge < -0.3 is 9.52 Å². The molecule has 0 spiro atoms. The molecule has 1 N–H and O–H groups in total. The van der Waals surface area contributed by atoms with Crippen LogP contribution in [0.5, 0.6) is 5.75 Å². The molecule has 12 heteroatoms. The molecule has 0 atom stereocenters. The lowest BCUT2D eigenvalue weighted by Crippen LogP contribution is -2.21. The molecule has 0 unspecified atom stereocenters. The van der Waals surface area contributed by atoms with Crippen molar-refractivity contribution in [1.82, 2.24) is 14.9 Å². The van der Waals surface area contributed by atoms with Crippen LogP contribution >= 0.6 is 23.5 Å². The lowest BCUT2D eigenvalue weighted by Gasteiger charge is -2.13. The average Bonchev–Trinajstić information content (AvgIpc) is 3.08. The number of fused-ring (bicyclic) bond motifs is 1. The maximum atomic E-state index is 12.2. The number of hydrogen-bond acceptors (Lipinski definition) is 10. The fourth-order valence-electron chi connectivity index (χ4n) is 2.65. The van der Waals surface area contributed by atoms with Gasteiger partial charge in [0.05, 0.1) is 10.6 Å². The lowest BCUT2D eigenvalue weighted by atomic mass is 10.2. The van der Waals surface area contributed by atoms with E-state index in [1.54, 1.807) is 19.1 Å². The Hall–Kier alpha value is -3.12. The van der Waals surface area contributed by atoms with Crippen LogP contribution < -0.4 is 5.63 Å². The summed E-state index contributed by atoms with van der Waals surface area (Å²) in [6.45, 7) is 1.58. The van der Waals surface area contributed by atoms with Crippen molar-refractivity contribution in [2.75, 3.05) is 5.75 Å². The Morgan fingerprint density at radius 3 is 2.79 bits per heavy atom. The second-order valence-corrected chi connectivity index (χ2v) is 7.91. The molecule has 1 aromatic carbocycles. The number of non-ortho nitro benzene ring substituents is 1. The molecular formula is C17H13N5O5S2. The minimum atomic E-state index is -0.654. The highest BCUT2D eigenvalue weighted by molar-refractivity contribution is 8.00. The van der Waals surface area contributed by atoms with Gasteiger partial charge in [0.15, 0.2) is 0 Å². The smallest absolute Gasteiger partial charge is 0.348 e. The average molecular weight is 431 g/mol. The zero-order valence-electron chi connectivity index (χ0n) is 14.9. The number of nitrogens with zero attached hydrogens (tertiary/aromatic N) is 5. The molecule has 3 heterocycles. The van der Waals surface area contributed by atoms with Crippen molar-refractivity contribution < 1.29 is 14.4 Å². The summed E-state index contributed by atoms with van der Waals surface area (Å²) in [6, 6.07) is 7.62. The van der Waals surface area contributed by atoms with E-state index in [-0.39, 0.29) is 17.0 Å². The summed E-state index contributed by atoms with van der Waals surface area (Å²) in [5.74, 6) is 0.968. The van der Waals surface area contributed by atoms with Crippen LogP contribution in [0.2, 0.25) is 0 Å². The molecule has 2 aromatic heterocycles. The van der Waals surface area contributed by atoms with E-state index in [0.717, 1.165) is 5.56 Å². The lowest BCUT2D eigenvalue weighted by molar-refractivity contribution is -0.384. The van der Waals surface area contributed by atoms with E-state index in [1.165, 1.54) is 46.4 Å². The Labute approximate surface area is 171 Å². The van der Waals surface area contributed by atoms with Gasteiger partial charge >= 0.3 is 5.63 Å². The van der Waals surface area contributed by atoms with E-state index < -0.39 is 10.5 Å². The molecule has 0 bridgehead atoms. The highest BCUT2D eigenvalue weighted by atomic mass is 32.2. The van der Waals surface area contributed by atoms with Crippen molar-refractivity contribution in [3.05, 3.63) is 67.8 Å². The van der Waals surface area contributed by atoms with Gasteiger partial charge in [0, 0.05) is 29.7 Å².